The fourth-order valence-corrected chi connectivity index (χ4v) is 1.26. The second kappa shape index (κ2) is 2.22. The van der Waals surface area contributed by atoms with Crippen LogP contribution in [0.4, 0.5) is 5.69 Å². The van der Waals surface area contributed by atoms with Crippen molar-refractivity contribution in [3.8, 4) is 0 Å². The highest BCUT2D eigenvalue weighted by molar-refractivity contribution is 5.95. The number of esters is 1. The van der Waals surface area contributed by atoms with Gasteiger partial charge < -0.3 is 15.6 Å². The van der Waals surface area contributed by atoms with E-state index < -0.39 is 12.3 Å². The molecular formula is C8H7NO3. The molecule has 62 valence electrons. The van der Waals surface area contributed by atoms with Gasteiger partial charge in [0.1, 0.15) is 0 Å². The Balaban J connectivity index is 2.67. The summed E-state index contributed by atoms with van der Waals surface area (Å²) in [6.45, 7) is 0. The summed E-state index contributed by atoms with van der Waals surface area (Å²) in [4.78, 5) is 11.0. The molecule has 0 bridgehead atoms. The van der Waals surface area contributed by atoms with E-state index in [2.05, 4.69) is 4.74 Å². The summed E-state index contributed by atoms with van der Waals surface area (Å²) in [5, 5.41) is 9.21. The summed E-state index contributed by atoms with van der Waals surface area (Å²) < 4.78 is 4.55. The van der Waals surface area contributed by atoms with Crippen LogP contribution in [-0.2, 0) is 4.74 Å². The normalized spacial score (nSPS) is 20.4. The molecule has 0 saturated heterocycles. The third kappa shape index (κ3) is 0.785. The summed E-state index contributed by atoms with van der Waals surface area (Å²) in [5.41, 5.74) is 6.64. The van der Waals surface area contributed by atoms with Crippen LogP contribution in [-0.4, -0.2) is 11.1 Å². The Labute approximate surface area is 68.6 Å². The lowest BCUT2D eigenvalue weighted by atomic mass is 10.1. The van der Waals surface area contributed by atoms with Crippen molar-refractivity contribution < 1.29 is 14.6 Å². The maximum atomic E-state index is 11.0. The van der Waals surface area contributed by atoms with Crippen LogP contribution in [0.25, 0.3) is 0 Å². The highest BCUT2D eigenvalue weighted by Gasteiger charge is 2.30. The number of carbonyl (C=O) groups excluding carboxylic acids is 1. The van der Waals surface area contributed by atoms with Gasteiger partial charge in [0.25, 0.3) is 0 Å². The number of hydrogen-bond donors (Lipinski definition) is 2. The number of benzene rings is 1. The van der Waals surface area contributed by atoms with Crippen molar-refractivity contribution in [2.75, 3.05) is 5.73 Å². The molecule has 1 atom stereocenters. The maximum Gasteiger partial charge on any atom is 0.341 e. The average Bonchev–Trinajstić information content (AvgIpc) is 2.29. The van der Waals surface area contributed by atoms with E-state index in [1.165, 1.54) is 0 Å². The maximum absolute atomic E-state index is 11.0. The number of cyclic esters (lactones) is 1. The van der Waals surface area contributed by atoms with Gasteiger partial charge in [0.15, 0.2) is 0 Å². The Bertz CT molecular complexity index is 348. The Morgan fingerprint density at radius 1 is 1.50 bits per heavy atom. The molecule has 1 heterocycles. The van der Waals surface area contributed by atoms with Gasteiger partial charge in [-0.2, -0.15) is 0 Å². The van der Waals surface area contributed by atoms with E-state index in [1.807, 2.05) is 0 Å². The Morgan fingerprint density at radius 3 is 2.92 bits per heavy atom. The molecule has 0 saturated carbocycles. The molecule has 2 rings (SSSR count). The van der Waals surface area contributed by atoms with Crippen LogP contribution < -0.4 is 5.73 Å². The van der Waals surface area contributed by atoms with Crippen molar-refractivity contribution in [1.29, 1.82) is 0 Å². The number of hydrogen-bond acceptors (Lipinski definition) is 4. The zero-order valence-electron chi connectivity index (χ0n) is 6.15. The van der Waals surface area contributed by atoms with Gasteiger partial charge in [0.2, 0.25) is 6.29 Å². The predicted molar refractivity (Wildman–Crippen MR) is 41.2 cm³/mol. The van der Waals surface area contributed by atoms with Crippen LogP contribution in [0.1, 0.15) is 22.2 Å². The molecule has 0 spiro atoms. The van der Waals surface area contributed by atoms with Crippen LogP contribution in [0.3, 0.4) is 0 Å². The summed E-state index contributed by atoms with van der Waals surface area (Å²) >= 11 is 0. The average molecular weight is 165 g/mol. The molecular weight excluding hydrogens is 158 g/mol. The van der Waals surface area contributed by atoms with E-state index in [4.69, 9.17) is 5.73 Å². The van der Waals surface area contributed by atoms with Gasteiger partial charge in [-0.3, -0.25) is 0 Å². The highest BCUT2D eigenvalue weighted by Crippen LogP contribution is 2.32. The molecule has 1 aromatic rings. The summed E-state index contributed by atoms with van der Waals surface area (Å²) in [6, 6.07) is 4.84. The first-order valence-electron chi connectivity index (χ1n) is 3.47. The molecule has 0 radical (unpaired) electrons. The van der Waals surface area contributed by atoms with Gasteiger partial charge in [0, 0.05) is 5.69 Å². The third-order valence-corrected chi connectivity index (χ3v) is 1.83. The van der Waals surface area contributed by atoms with Crippen LogP contribution in [0.2, 0.25) is 0 Å². The lowest BCUT2D eigenvalue weighted by Gasteiger charge is -2.03. The van der Waals surface area contributed by atoms with Crippen LogP contribution in [0.5, 0.6) is 0 Å². The fraction of sp³-hybridized carbons (Fsp3) is 0.125. The number of nitrogens with two attached hydrogens (primary N) is 1. The first-order chi connectivity index (χ1) is 5.70. The second-order valence-electron chi connectivity index (χ2n) is 2.57. The number of aliphatic hydroxyl groups excluding tert-OH is 1. The second-order valence-corrected chi connectivity index (χ2v) is 2.57. The van der Waals surface area contributed by atoms with Gasteiger partial charge in [-0.15, -0.1) is 0 Å². The van der Waals surface area contributed by atoms with Crippen molar-refractivity contribution in [2.24, 2.45) is 0 Å². The van der Waals surface area contributed by atoms with Gasteiger partial charge in [-0.05, 0) is 12.1 Å². The number of fused-ring (bicyclic) bond motifs is 1. The van der Waals surface area contributed by atoms with Crippen LogP contribution in [0.15, 0.2) is 18.2 Å². The van der Waals surface area contributed by atoms with E-state index in [0.717, 1.165) is 0 Å². The number of rotatable bonds is 0. The number of carbonyl (C=O) groups is 1. The Hall–Kier alpha value is -1.55. The third-order valence-electron chi connectivity index (χ3n) is 1.83. The smallest absolute Gasteiger partial charge is 0.341 e. The van der Waals surface area contributed by atoms with Crippen molar-refractivity contribution in [2.45, 2.75) is 6.29 Å². The molecule has 3 N–H and O–H groups in total. The summed E-state index contributed by atoms with van der Waals surface area (Å²) in [7, 11) is 0. The van der Waals surface area contributed by atoms with Crippen molar-refractivity contribution in [1.82, 2.24) is 0 Å². The fourth-order valence-electron chi connectivity index (χ4n) is 1.26. The van der Waals surface area contributed by atoms with E-state index in [0.29, 0.717) is 16.8 Å². The number of ether oxygens (including phenoxy) is 1. The minimum absolute atomic E-state index is 0.350. The molecule has 0 amide bonds. The lowest BCUT2D eigenvalue weighted by Crippen LogP contribution is -1.98. The minimum Gasteiger partial charge on any atom is -0.428 e. The van der Waals surface area contributed by atoms with E-state index >= 15 is 0 Å². The van der Waals surface area contributed by atoms with Gasteiger partial charge >= 0.3 is 5.97 Å². The first kappa shape index (κ1) is 7.12. The van der Waals surface area contributed by atoms with Crippen molar-refractivity contribution >= 4 is 11.7 Å². The van der Waals surface area contributed by atoms with E-state index in [9.17, 15) is 9.90 Å². The quantitative estimate of drug-likeness (QED) is 0.432. The SMILES string of the molecule is Nc1cccc2c1C(O)OC2=O. The highest BCUT2D eigenvalue weighted by atomic mass is 16.6. The molecule has 0 aromatic heterocycles. The van der Waals surface area contributed by atoms with Crippen molar-refractivity contribution in [3.05, 3.63) is 29.3 Å². The Kier molecular flexibility index (Phi) is 1.31. The monoisotopic (exact) mass is 165 g/mol. The molecule has 4 nitrogen and oxygen atoms in total. The molecule has 1 aliphatic heterocycles. The molecule has 1 aliphatic rings. The summed E-state index contributed by atoms with van der Waals surface area (Å²) in [5.74, 6) is -0.523. The molecule has 0 fully saturated rings. The molecule has 1 unspecified atom stereocenters. The minimum atomic E-state index is -1.20. The van der Waals surface area contributed by atoms with Gasteiger partial charge in [-0.25, -0.2) is 4.79 Å². The Morgan fingerprint density at radius 2 is 2.25 bits per heavy atom. The molecule has 0 aliphatic carbocycles. The standard InChI is InChI=1S/C8H7NO3/c9-5-3-1-2-4-6(5)8(11)12-7(4)10/h1-3,8,11H,9H2. The number of aliphatic hydroxyl groups is 1. The largest absolute Gasteiger partial charge is 0.428 e. The number of nitrogen functional groups attached to an aromatic ring is 1. The first-order valence-corrected chi connectivity index (χ1v) is 3.47. The molecule has 12 heavy (non-hydrogen) atoms. The van der Waals surface area contributed by atoms with E-state index in [1.54, 1.807) is 18.2 Å². The van der Waals surface area contributed by atoms with E-state index in [-0.39, 0.29) is 0 Å². The van der Waals surface area contributed by atoms with Crippen molar-refractivity contribution in [3.63, 3.8) is 0 Å². The zero-order valence-corrected chi connectivity index (χ0v) is 6.15. The zero-order chi connectivity index (χ0) is 8.72. The molecule has 4 heteroatoms. The topological polar surface area (TPSA) is 72.6 Å². The predicted octanol–water partition coefficient (Wildman–Crippen LogP) is 0.430. The summed E-state index contributed by atoms with van der Waals surface area (Å²) in [6.07, 6.45) is -1.20. The number of anilines is 1. The van der Waals surface area contributed by atoms with Crippen LogP contribution in [0, 0.1) is 0 Å². The van der Waals surface area contributed by atoms with Gasteiger partial charge in [-0.1, -0.05) is 6.07 Å². The van der Waals surface area contributed by atoms with Gasteiger partial charge in [0.05, 0.1) is 11.1 Å². The molecule has 1 aromatic carbocycles. The lowest BCUT2D eigenvalue weighted by molar-refractivity contribution is -0.0544. The van der Waals surface area contributed by atoms with Crippen LogP contribution >= 0.6 is 0 Å².